The summed E-state index contributed by atoms with van der Waals surface area (Å²) in [6.45, 7) is 7.06. The molecule has 1 aliphatic carbocycles. The molecule has 3 aromatic rings. The molecule has 0 bridgehead atoms. The number of hydrogen-bond acceptors (Lipinski definition) is 4. The van der Waals surface area contributed by atoms with E-state index in [-0.39, 0.29) is 17.9 Å². The van der Waals surface area contributed by atoms with Crippen molar-refractivity contribution in [2.45, 2.75) is 84.0 Å². The normalized spacial score (nSPS) is 21.1. The molecule has 2 aromatic heterocycles. The number of benzene rings is 1. The maximum atomic E-state index is 13.9. The Kier molecular flexibility index (Phi) is 6.34. The van der Waals surface area contributed by atoms with Gasteiger partial charge in [0, 0.05) is 24.7 Å². The van der Waals surface area contributed by atoms with Crippen LogP contribution in [0.1, 0.15) is 74.2 Å². The summed E-state index contributed by atoms with van der Waals surface area (Å²) in [6.07, 6.45) is 6.69. The van der Waals surface area contributed by atoms with Crippen molar-refractivity contribution in [3.63, 3.8) is 0 Å². The summed E-state index contributed by atoms with van der Waals surface area (Å²) in [5, 5.41) is 3.32. The Morgan fingerprint density at radius 3 is 2.54 bits per heavy atom. The quantitative estimate of drug-likeness (QED) is 0.496. The Bertz CT molecular complexity index is 1220. The summed E-state index contributed by atoms with van der Waals surface area (Å²) in [4.78, 5) is 29.5. The predicted octanol–water partition coefficient (Wildman–Crippen LogP) is 5.20. The van der Waals surface area contributed by atoms with Gasteiger partial charge in [0.1, 0.15) is 22.7 Å². The zero-order chi connectivity index (χ0) is 24.6. The van der Waals surface area contributed by atoms with Crippen LogP contribution < -0.4 is 10.1 Å². The number of aryl methyl sites for hydroxylation is 1. The molecule has 1 fully saturated rings. The molecule has 35 heavy (non-hydrogen) atoms. The smallest absolute Gasteiger partial charge is 0.271 e. The standard InChI is InChI=1S/C28H35N3O4/c1-4-34-22-13-11-20(12-14-22)17-31-26(32)24-16-25-23(15-19(2)35-25)30(24)18-28(31,3)27(33)29-21-9-7-5-6-8-10-21/h11-16,21H,4-10,17-18H2,1-3H3,(H,29,33). The number of fused-ring (bicyclic) bond motifs is 3. The predicted molar refractivity (Wildman–Crippen MR) is 134 cm³/mol. The molecule has 1 aliphatic heterocycles. The van der Waals surface area contributed by atoms with E-state index in [1.165, 1.54) is 12.8 Å². The number of carbonyl (C=O) groups excluding carboxylic acids is 2. The number of furan rings is 1. The summed E-state index contributed by atoms with van der Waals surface area (Å²) in [7, 11) is 0. The van der Waals surface area contributed by atoms with Crippen LogP contribution in [0.15, 0.2) is 40.8 Å². The van der Waals surface area contributed by atoms with Gasteiger partial charge < -0.3 is 23.9 Å². The topological polar surface area (TPSA) is 76.7 Å². The van der Waals surface area contributed by atoms with Crippen LogP contribution in [-0.4, -0.2) is 39.5 Å². The number of hydrogen-bond donors (Lipinski definition) is 1. The van der Waals surface area contributed by atoms with E-state index in [0.29, 0.717) is 31.0 Å². The van der Waals surface area contributed by atoms with Crippen LogP contribution >= 0.6 is 0 Å². The Balaban J connectivity index is 1.49. The van der Waals surface area contributed by atoms with E-state index in [9.17, 15) is 9.59 Å². The highest BCUT2D eigenvalue weighted by Crippen LogP contribution is 2.35. The largest absolute Gasteiger partial charge is 0.494 e. The van der Waals surface area contributed by atoms with Gasteiger partial charge in [0.25, 0.3) is 5.91 Å². The van der Waals surface area contributed by atoms with Crippen LogP contribution in [0.2, 0.25) is 0 Å². The van der Waals surface area contributed by atoms with Gasteiger partial charge in [-0.1, -0.05) is 37.8 Å². The van der Waals surface area contributed by atoms with Gasteiger partial charge in [-0.05, 0) is 51.3 Å². The van der Waals surface area contributed by atoms with Gasteiger partial charge in [-0.3, -0.25) is 9.59 Å². The number of aromatic nitrogens is 1. The van der Waals surface area contributed by atoms with Crippen LogP contribution in [-0.2, 0) is 17.9 Å². The summed E-state index contributed by atoms with van der Waals surface area (Å²) < 4.78 is 13.3. The van der Waals surface area contributed by atoms with Gasteiger partial charge in [-0.25, -0.2) is 0 Å². The molecule has 1 atom stereocenters. The highest BCUT2D eigenvalue weighted by molar-refractivity contribution is 6.03. The summed E-state index contributed by atoms with van der Waals surface area (Å²) >= 11 is 0. The van der Waals surface area contributed by atoms with Crippen molar-refractivity contribution in [3.8, 4) is 5.75 Å². The van der Waals surface area contributed by atoms with Crippen LogP contribution in [0.5, 0.6) is 5.75 Å². The number of nitrogens with zero attached hydrogens (tertiary/aromatic N) is 2. The maximum Gasteiger partial charge on any atom is 0.271 e. The van der Waals surface area contributed by atoms with Gasteiger partial charge in [-0.2, -0.15) is 0 Å². The highest BCUT2D eigenvalue weighted by Gasteiger charge is 2.48. The molecule has 186 valence electrons. The molecule has 2 aliphatic rings. The number of ether oxygens (including phenoxy) is 1. The third-order valence-electron chi connectivity index (χ3n) is 7.49. The van der Waals surface area contributed by atoms with Gasteiger partial charge in [-0.15, -0.1) is 0 Å². The van der Waals surface area contributed by atoms with Crippen LogP contribution in [0.4, 0.5) is 0 Å². The number of carbonyl (C=O) groups is 2. The lowest BCUT2D eigenvalue weighted by atomic mass is 9.93. The zero-order valence-electron chi connectivity index (χ0n) is 20.9. The molecule has 0 saturated heterocycles. The first-order valence-corrected chi connectivity index (χ1v) is 12.8. The van der Waals surface area contributed by atoms with Crippen molar-refractivity contribution in [1.29, 1.82) is 0 Å². The molecule has 1 saturated carbocycles. The molecule has 1 N–H and O–H groups in total. The first-order chi connectivity index (χ1) is 16.9. The Morgan fingerprint density at radius 1 is 1.14 bits per heavy atom. The fourth-order valence-electron chi connectivity index (χ4n) is 5.51. The van der Waals surface area contributed by atoms with Crippen molar-refractivity contribution >= 4 is 22.9 Å². The zero-order valence-corrected chi connectivity index (χ0v) is 20.9. The van der Waals surface area contributed by atoms with Crippen molar-refractivity contribution in [2.24, 2.45) is 0 Å². The molecule has 5 rings (SSSR count). The van der Waals surface area contributed by atoms with Crippen molar-refractivity contribution in [1.82, 2.24) is 14.8 Å². The van der Waals surface area contributed by atoms with Gasteiger partial charge in [0.15, 0.2) is 5.58 Å². The van der Waals surface area contributed by atoms with Gasteiger partial charge >= 0.3 is 0 Å². The van der Waals surface area contributed by atoms with E-state index in [2.05, 4.69) is 5.32 Å². The van der Waals surface area contributed by atoms with Gasteiger partial charge in [0.2, 0.25) is 5.91 Å². The Morgan fingerprint density at radius 2 is 1.86 bits per heavy atom. The van der Waals surface area contributed by atoms with Crippen LogP contribution in [0, 0.1) is 6.92 Å². The molecular formula is C28H35N3O4. The lowest BCUT2D eigenvalue weighted by molar-refractivity contribution is -0.134. The van der Waals surface area contributed by atoms with E-state index >= 15 is 0 Å². The third kappa shape index (κ3) is 4.44. The second-order valence-corrected chi connectivity index (χ2v) is 10.1. The lowest BCUT2D eigenvalue weighted by Crippen LogP contribution is -2.64. The fraction of sp³-hybridized carbons (Fsp3) is 0.500. The second kappa shape index (κ2) is 9.44. The fourth-order valence-corrected chi connectivity index (χ4v) is 5.51. The highest BCUT2D eigenvalue weighted by atomic mass is 16.5. The van der Waals surface area contributed by atoms with Crippen molar-refractivity contribution in [3.05, 3.63) is 53.4 Å². The van der Waals surface area contributed by atoms with E-state index in [1.807, 2.05) is 55.7 Å². The van der Waals surface area contributed by atoms with Crippen molar-refractivity contribution in [2.75, 3.05) is 6.61 Å². The minimum atomic E-state index is -1.04. The molecule has 0 spiro atoms. The molecule has 3 heterocycles. The van der Waals surface area contributed by atoms with E-state index in [4.69, 9.17) is 9.15 Å². The molecule has 7 heteroatoms. The molecule has 1 unspecified atom stereocenters. The average Bonchev–Trinajstić information content (AvgIpc) is 3.23. The van der Waals surface area contributed by atoms with Gasteiger partial charge in [0.05, 0.1) is 18.7 Å². The Labute approximate surface area is 206 Å². The third-order valence-corrected chi connectivity index (χ3v) is 7.49. The minimum Gasteiger partial charge on any atom is -0.494 e. The lowest BCUT2D eigenvalue weighted by Gasteiger charge is -2.44. The van der Waals surface area contributed by atoms with Crippen LogP contribution in [0.3, 0.4) is 0 Å². The molecule has 7 nitrogen and oxygen atoms in total. The summed E-state index contributed by atoms with van der Waals surface area (Å²) in [5.41, 5.74) is 2.02. The minimum absolute atomic E-state index is 0.0867. The average molecular weight is 478 g/mol. The molecule has 0 radical (unpaired) electrons. The number of rotatable bonds is 6. The molecule has 1 aromatic carbocycles. The maximum absolute atomic E-state index is 13.9. The number of amides is 2. The monoisotopic (exact) mass is 477 g/mol. The van der Waals surface area contributed by atoms with E-state index in [0.717, 1.165) is 48.3 Å². The van der Waals surface area contributed by atoms with Crippen molar-refractivity contribution < 1.29 is 18.7 Å². The summed E-state index contributed by atoms with van der Waals surface area (Å²) in [6, 6.07) is 11.7. The molecular weight excluding hydrogens is 442 g/mol. The molecule has 2 amide bonds. The SMILES string of the molecule is CCOc1ccc(CN2C(=O)c3cc4oc(C)cc4n3CC2(C)C(=O)NC2CCCCCC2)cc1. The number of nitrogens with one attached hydrogen (secondary N) is 1. The first kappa shape index (κ1) is 23.5. The van der Waals surface area contributed by atoms with E-state index < -0.39 is 5.54 Å². The first-order valence-electron chi connectivity index (χ1n) is 12.8. The summed E-state index contributed by atoms with van der Waals surface area (Å²) in [5.74, 6) is 1.34. The van der Waals surface area contributed by atoms with E-state index in [1.54, 1.807) is 11.0 Å². The second-order valence-electron chi connectivity index (χ2n) is 10.1. The van der Waals surface area contributed by atoms with Crippen LogP contribution in [0.25, 0.3) is 11.1 Å². The Hall–Kier alpha value is -3.22.